The van der Waals surface area contributed by atoms with Crippen LogP contribution in [0.3, 0.4) is 0 Å². The van der Waals surface area contributed by atoms with Crippen LogP contribution < -0.4 is 16.1 Å². The number of pyridine rings is 1. The number of aromatic nitrogens is 2. The maximum Gasteiger partial charge on any atom is 0.141 e. The topological polar surface area (TPSA) is 65.4 Å². The van der Waals surface area contributed by atoms with Gasteiger partial charge in [0, 0.05) is 22.2 Å². The highest BCUT2D eigenvalue weighted by molar-refractivity contribution is 6.35. The number of halogens is 2. The Kier molecular flexibility index (Phi) is 4.51. The summed E-state index contributed by atoms with van der Waals surface area (Å²) in [7, 11) is 0. The second-order valence-electron chi connectivity index (χ2n) is 7.59. The van der Waals surface area contributed by atoms with Gasteiger partial charge in [0.15, 0.2) is 0 Å². The summed E-state index contributed by atoms with van der Waals surface area (Å²) in [6, 6.07) is 3.31. The first kappa shape index (κ1) is 17.6. The molecule has 0 amide bonds. The number of hydrogen-bond acceptors (Lipinski definition) is 4. The van der Waals surface area contributed by atoms with Gasteiger partial charge in [0.2, 0.25) is 0 Å². The number of aromatic amines is 1. The third-order valence-electron chi connectivity index (χ3n) is 6.00. The lowest BCUT2D eigenvalue weighted by molar-refractivity contribution is 0.378. The van der Waals surface area contributed by atoms with E-state index in [9.17, 15) is 4.39 Å². The lowest BCUT2D eigenvalue weighted by atomic mass is 9.77. The molecule has 1 saturated carbocycles. The molecule has 2 N–H and O–H groups in total. The maximum atomic E-state index is 13.2. The van der Waals surface area contributed by atoms with Gasteiger partial charge in [-0.05, 0) is 55.4 Å². The van der Waals surface area contributed by atoms with Gasteiger partial charge in [-0.25, -0.2) is 4.39 Å². The van der Waals surface area contributed by atoms with E-state index in [0.29, 0.717) is 24.9 Å². The number of nitrogens with zero attached hydrogens (tertiary/aromatic N) is 3. The van der Waals surface area contributed by atoms with Crippen LogP contribution in [0.25, 0.3) is 5.57 Å². The Bertz CT molecular complexity index is 1080. The van der Waals surface area contributed by atoms with Crippen molar-refractivity contribution in [1.82, 2.24) is 15.4 Å². The van der Waals surface area contributed by atoms with Gasteiger partial charge in [0.25, 0.3) is 0 Å². The summed E-state index contributed by atoms with van der Waals surface area (Å²) in [5, 5.41) is 7.01. The molecule has 1 aliphatic carbocycles. The summed E-state index contributed by atoms with van der Waals surface area (Å²) in [6.45, 7) is 1.26. The van der Waals surface area contributed by atoms with Gasteiger partial charge in [0.1, 0.15) is 5.82 Å². The molecule has 0 unspecified atom stereocenters. The molecule has 4 heterocycles. The van der Waals surface area contributed by atoms with Crippen molar-refractivity contribution in [2.45, 2.75) is 38.1 Å². The molecular weight excluding hydrogens is 377 g/mol. The van der Waals surface area contributed by atoms with Gasteiger partial charge in [-0.15, -0.1) is 0 Å². The summed E-state index contributed by atoms with van der Waals surface area (Å²) in [6.07, 6.45) is 9.23. The number of fused-ring (bicyclic) bond motifs is 3. The summed E-state index contributed by atoms with van der Waals surface area (Å²) >= 11 is 6.72. The Morgan fingerprint density at radius 3 is 2.71 bits per heavy atom. The maximum absolute atomic E-state index is 13.2. The monoisotopic (exact) mass is 397 g/mol. The molecule has 2 aromatic rings. The average Bonchev–Trinajstić information content (AvgIpc) is 2.99. The predicted octanol–water partition coefficient (Wildman–Crippen LogP) is 2.87. The van der Waals surface area contributed by atoms with E-state index in [4.69, 9.17) is 16.6 Å². The van der Waals surface area contributed by atoms with E-state index in [-0.39, 0.29) is 5.82 Å². The molecule has 5 nitrogen and oxygen atoms in total. The van der Waals surface area contributed by atoms with Crippen molar-refractivity contribution in [2.24, 2.45) is 16.0 Å². The first-order chi connectivity index (χ1) is 13.7. The van der Waals surface area contributed by atoms with Crippen LogP contribution in [-0.2, 0) is 6.54 Å². The zero-order valence-corrected chi connectivity index (χ0v) is 16.1. The predicted molar refractivity (Wildman–Crippen MR) is 107 cm³/mol. The minimum absolute atomic E-state index is 0.284. The molecule has 144 valence electrons. The Balaban J connectivity index is 1.49. The van der Waals surface area contributed by atoms with Gasteiger partial charge in [-0.2, -0.15) is 5.10 Å². The lowest BCUT2D eigenvalue weighted by Crippen LogP contribution is -2.32. The number of hydrogen-bond donors (Lipinski definition) is 2. The highest BCUT2D eigenvalue weighted by atomic mass is 35.5. The fourth-order valence-corrected chi connectivity index (χ4v) is 4.91. The van der Waals surface area contributed by atoms with Crippen LogP contribution >= 0.6 is 11.6 Å². The summed E-state index contributed by atoms with van der Waals surface area (Å²) in [5.74, 6) is 0.467. The standard InChI is InChI=1S/C21H21ClFN5/c22-16-7-8-24-20-15-10-26-27-11-18(15)28-21(20)19(16)13-3-1-12(2-4-13)17-6-5-14(23)9-25-17/h5-7,9,11-13,26,28H,1-4,8,10H2. The van der Waals surface area contributed by atoms with E-state index in [1.54, 1.807) is 0 Å². The van der Waals surface area contributed by atoms with Crippen LogP contribution in [0.5, 0.6) is 0 Å². The molecule has 0 bridgehead atoms. The second-order valence-corrected chi connectivity index (χ2v) is 8.00. The second kappa shape index (κ2) is 7.17. The Morgan fingerprint density at radius 1 is 1.11 bits per heavy atom. The molecule has 2 aliphatic heterocycles. The molecule has 0 atom stereocenters. The highest BCUT2D eigenvalue weighted by Crippen LogP contribution is 2.41. The Morgan fingerprint density at radius 2 is 1.93 bits per heavy atom. The first-order valence-corrected chi connectivity index (χ1v) is 10.1. The third-order valence-corrected chi connectivity index (χ3v) is 6.36. The molecule has 0 saturated heterocycles. The number of allylic oxidation sites excluding steroid dienone is 1. The summed E-state index contributed by atoms with van der Waals surface area (Å²) in [4.78, 5) is 12.6. The SMILES string of the molecule is Fc1ccc(C2CCC(C3=c4[nH]c5c(c4=NCC=C3Cl)CNN=C5)CC2)nc1. The van der Waals surface area contributed by atoms with E-state index in [1.807, 2.05) is 18.4 Å². The van der Waals surface area contributed by atoms with Crippen molar-refractivity contribution in [3.63, 3.8) is 0 Å². The van der Waals surface area contributed by atoms with Gasteiger partial charge in [0.05, 0.1) is 41.9 Å². The van der Waals surface area contributed by atoms with Crippen molar-refractivity contribution in [3.05, 3.63) is 62.9 Å². The van der Waals surface area contributed by atoms with Crippen molar-refractivity contribution in [1.29, 1.82) is 0 Å². The molecule has 0 radical (unpaired) electrons. The molecule has 3 aliphatic rings. The Hall–Kier alpha value is -2.47. The van der Waals surface area contributed by atoms with E-state index in [1.165, 1.54) is 17.8 Å². The average molecular weight is 398 g/mol. The first-order valence-electron chi connectivity index (χ1n) is 9.73. The quantitative estimate of drug-likeness (QED) is 0.818. The van der Waals surface area contributed by atoms with Crippen molar-refractivity contribution >= 4 is 23.4 Å². The zero-order valence-electron chi connectivity index (χ0n) is 15.4. The summed E-state index contributed by atoms with van der Waals surface area (Å²) in [5.41, 5.74) is 7.36. The minimum atomic E-state index is -0.284. The van der Waals surface area contributed by atoms with E-state index < -0.39 is 0 Å². The number of H-pyrrole nitrogens is 1. The van der Waals surface area contributed by atoms with Gasteiger partial charge >= 0.3 is 0 Å². The van der Waals surface area contributed by atoms with Crippen LogP contribution in [0.1, 0.15) is 48.6 Å². The van der Waals surface area contributed by atoms with E-state index >= 15 is 0 Å². The number of nitrogens with one attached hydrogen (secondary N) is 2. The van der Waals surface area contributed by atoms with Crippen LogP contribution in [0.15, 0.2) is 39.5 Å². The van der Waals surface area contributed by atoms with Crippen LogP contribution in [0.4, 0.5) is 4.39 Å². The number of rotatable bonds is 2. The molecular formula is C21H21ClFN5. The third kappa shape index (κ3) is 3.05. The van der Waals surface area contributed by atoms with E-state index in [2.05, 4.69) is 20.5 Å². The minimum Gasteiger partial charge on any atom is -0.352 e. The zero-order chi connectivity index (χ0) is 19.1. The van der Waals surface area contributed by atoms with Gasteiger partial charge in [-0.1, -0.05) is 11.6 Å². The van der Waals surface area contributed by atoms with Crippen LogP contribution in [-0.4, -0.2) is 22.7 Å². The number of hydrazone groups is 1. The van der Waals surface area contributed by atoms with Crippen molar-refractivity contribution < 1.29 is 4.39 Å². The van der Waals surface area contributed by atoms with Crippen LogP contribution in [0, 0.1) is 11.7 Å². The lowest BCUT2D eigenvalue weighted by Gasteiger charge is -2.29. The molecule has 0 aromatic carbocycles. The fraction of sp³-hybridized carbons (Fsp3) is 0.381. The van der Waals surface area contributed by atoms with Crippen molar-refractivity contribution in [2.75, 3.05) is 6.54 Å². The van der Waals surface area contributed by atoms with Gasteiger partial charge < -0.3 is 10.4 Å². The normalized spacial score (nSPS) is 23.8. The smallest absolute Gasteiger partial charge is 0.141 e. The summed E-state index contributed by atoms with van der Waals surface area (Å²) < 4.78 is 13.2. The molecule has 28 heavy (non-hydrogen) atoms. The fourth-order valence-electron chi connectivity index (χ4n) is 4.59. The van der Waals surface area contributed by atoms with Crippen LogP contribution in [0.2, 0.25) is 0 Å². The van der Waals surface area contributed by atoms with Gasteiger partial charge in [-0.3, -0.25) is 9.98 Å². The van der Waals surface area contributed by atoms with Crippen molar-refractivity contribution in [3.8, 4) is 0 Å². The molecule has 1 fully saturated rings. The molecule has 2 aromatic heterocycles. The Labute approximate surface area is 167 Å². The highest BCUT2D eigenvalue weighted by Gasteiger charge is 2.29. The molecule has 5 rings (SSSR count). The largest absolute Gasteiger partial charge is 0.352 e. The van der Waals surface area contributed by atoms with E-state index in [0.717, 1.165) is 58.4 Å². The molecule has 0 spiro atoms. The molecule has 7 heteroatoms.